The predicted molar refractivity (Wildman–Crippen MR) is 281 cm³/mol. The Bertz CT molecular complexity index is 3280. The Morgan fingerprint density at radius 1 is 0.727 bits per heavy atom. The average molecular weight is 1160 g/mol. The summed E-state index contributed by atoms with van der Waals surface area (Å²) in [5.74, 6) is -6.80. The van der Waals surface area contributed by atoms with Crippen molar-refractivity contribution in [3.63, 3.8) is 0 Å². The van der Waals surface area contributed by atoms with E-state index in [0.717, 1.165) is 19.6 Å². The number of hydrogen-bond donors (Lipinski definition) is 4. The lowest BCUT2D eigenvalue weighted by Crippen LogP contribution is -2.73. The van der Waals surface area contributed by atoms with Gasteiger partial charge in [-0.3, -0.25) is 42.2 Å². The molecule has 4 amide bonds. The molecule has 3 saturated heterocycles. The van der Waals surface area contributed by atoms with Gasteiger partial charge >= 0.3 is 17.9 Å². The summed E-state index contributed by atoms with van der Waals surface area (Å²) in [6, 6.07) is 10.9. The summed E-state index contributed by atoms with van der Waals surface area (Å²) in [5, 5.41) is 27.3. The first-order valence-corrected chi connectivity index (χ1v) is 28.8. The number of fused-ring (bicyclic) bond motifs is 8. The molecule has 11 rings (SSSR count). The van der Waals surface area contributed by atoms with Crippen molar-refractivity contribution < 1.29 is 71.1 Å². The third-order valence-electron chi connectivity index (χ3n) is 13.7. The number of β-lactam (4-membered cyclic amide) rings is 2. The van der Waals surface area contributed by atoms with Gasteiger partial charge in [0.1, 0.15) is 70.4 Å². The van der Waals surface area contributed by atoms with E-state index in [2.05, 4.69) is 10.6 Å². The number of halogens is 2. The molecule has 77 heavy (non-hydrogen) atoms. The first-order chi connectivity index (χ1) is 37.0. The van der Waals surface area contributed by atoms with Crippen molar-refractivity contribution in [2.45, 2.75) is 41.3 Å². The molecule has 7 aliphatic rings. The molecule has 19 nitrogen and oxygen atoms in total. The second-order valence-electron chi connectivity index (χ2n) is 18.3. The van der Waals surface area contributed by atoms with Crippen molar-refractivity contribution in [2.24, 2.45) is 11.8 Å². The lowest BCUT2D eigenvalue weighted by molar-refractivity contribution is -0.150. The number of thiophene rings is 2. The van der Waals surface area contributed by atoms with E-state index in [1.54, 1.807) is 54.6 Å². The Kier molecular flexibility index (Phi) is 13.9. The molecule has 1 aliphatic carbocycles. The van der Waals surface area contributed by atoms with Crippen LogP contribution < -0.4 is 24.8 Å². The zero-order valence-electron chi connectivity index (χ0n) is 39.6. The number of rotatable bonds is 16. The number of carboxylic acid groups (broad SMARTS) is 2. The van der Waals surface area contributed by atoms with Crippen LogP contribution in [0.25, 0.3) is 0 Å². The number of nitrogens with one attached hydrogen (secondary N) is 2. The molecule has 0 radical (unpaired) electrons. The first-order valence-electron chi connectivity index (χ1n) is 23.5. The maximum absolute atomic E-state index is 13.7. The maximum Gasteiger partial charge on any atom is 0.352 e. The van der Waals surface area contributed by atoms with E-state index in [-0.39, 0.29) is 93.1 Å². The van der Waals surface area contributed by atoms with Crippen LogP contribution in [0.1, 0.15) is 20.9 Å². The number of esters is 1. The highest BCUT2D eigenvalue weighted by atomic mass is 35.5. The molecule has 4 N–H and O–H groups in total. The summed E-state index contributed by atoms with van der Waals surface area (Å²) in [5.41, 5.74) is -1.29. The van der Waals surface area contributed by atoms with Gasteiger partial charge in [0.05, 0.1) is 61.9 Å². The van der Waals surface area contributed by atoms with Crippen molar-refractivity contribution in [3.8, 4) is 23.0 Å². The zero-order valence-corrected chi connectivity index (χ0v) is 44.4. The van der Waals surface area contributed by atoms with Crippen LogP contribution in [0.4, 0.5) is 0 Å². The summed E-state index contributed by atoms with van der Waals surface area (Å²) in [7, 11) is -3.54. The SMILES string of the molecule is O=C(Cc1cccs1)NC1C(=O)N2C(C(=O)O)=C(/C=C/COc3cc4c(cc3Cl)C3(OC(=O)C5C=CC=CC53)c3cc(Cl)c(OC/C=C/C5=C(C(=O)O)N6C(=O)C(NC(=O)Cc7cccs7)C6S(=O)C5)cc3O4)CS(=O)C12. The van der Waals surface area contributed by atoms with Crippen LogP contribution in [0, 0.1) is 11.8 Å². The van der Waals surface area contributed by atoms with Crippen molar-refractivity contribution >= 4 is 109 Å². The molecule has 2 aromatic heterocycles. The standard InChI is InChI=1S/C52H40Cl2N4O15S4/c53-33-19-31-35(21-37(33)70-13-3-7-25-23-76(68)47-41(45(61)57(47)43(25)49(63)64)55-39(59)17-27-9-5-15-74-27)72-36-22-38(34(54)20-32(36)52(31)30-12-2-1-11-29(30)51(67)73-52)71-14-4-8-26-24-77(69)48-42(46(62)58(48)44(26)50(65)66)56-40(60)18-28-10-6-16-75-28/h1-12,15-16,19-22,29-30,41-42,47-48H,13-14,17-18,23-24H2,(H,55,59)(H,56,60)(H,63,64)(H,65,66)/b7-3+,8-4+. The minimum atomic E-state index is -1.77. The topological polar surface area (TPSA) is 262 Å². The van der Waals surface area contributed by atoms with Gasteiger partial charge in [0.15, 0.2) is 5.60 Å². The second-order valence-corrected chi connectivity index (χ2v) is 24.2. The third kappa shape index (κ3) is 9.20. The Balaban J connectivity index is 0.807. The van der Waals surface area contributed by atoms with Crippen LogP contribution >= 0.6 is 45.9 Å². The Hall–Kier alpha value is -7.15. The first kappa shape index (κ1) is 51.9. The Morgan fingerprint density at radius 2 is 1.19 bits per heavy atom. The fourth-order valence-electron chi connectivity index (χ4n) is 10.4. The molecule has 25 heteroatoms. The summed E-state index contributed by atoms with van der Waals surface area (Å²) in [6.45, 7) is -0.387. The van der Waals surface area contributed by atoms with Gasteiger partial charge in [-0.15, -0.1) is 22.7 Å². The number of aliphatic carboxylic acids is 2. The van der Waals surface area contributed by atoms with Crippen molar-refractivity contribution in [1.29, 1.82) is 0 Å². The van der Waals surface area contributed by atoms with E-state index in [9.17, 15) is 52.2 Å². The van der Waals surface area contributed by atoms with E-state index in [1.807, 2.05) is 16.8 Å². The number of carboxylic acids is 2. The molecule has 0 bridgehead atoms. The number of benzene rings is 2. The number of ether oxygens (including phenoxy) is 4. The van der Waals surface area contributed by atoms with Crippen molar-refractivity contribution in [3.05, 3.63) is 161 Å². The van der Waals surface area contributed by atoms with Gasteiger partial charge in [-0.05, 0) is 58.3 Å². The van der Waals surface area contributed by atoms with Crippen molar-refractivity contribution in [1.82, 2.24) is 20.4 Å². The molecular weight excluding hydrogens is 1120 g/mol. The third-order valence-corrected chi connectivity index (χ3v) is 19.3. The fraction of sp³-hybridized carbons (Fsp3) is 0.250. The summed E-state index contributed by atoms with van der Waals surface area (Å²) in [4.78, 5) is 94.1. The highest BCUT2D eigenvalue weighted by Crippen LogP contribution is 2.61. The van der Waals surface area contributed by atoms with Gasteiger partial charge in [0.25, 0.3) is 11.8 Å². The Labute approximate surface area is 460 Å². The molecule has 6 aliphatic heterocycles. The molecule has 4 aromatic rings. The van der Waals surface area contributed by atoms with Crippen LogP contribution in [-0.2, 0) is 78.3 Å². The van der Waals surface area contributed by atoms with Crippen LogP contribution in [0.5, 0.6) is 23.0 Å². The molecule has 0 saturated carbocycles. The number of carbonyl (C=O) groups excluding carboxylic acids is 5. The summed E-state index contributed by atoms with van der Waals surface area (Å²) < 4.78 is 51.9. The molecule has 3 fully saturated rings. The number of allylic oxidation sites excluding steroid dienone is 4. The number of carbonyl (C=O) groups is 7. The second kappa shape index (κ2) is 20.7. The normalized spacial score (nSPS) is 26.5. The van der Waals surface area contributed by atoms with Crippen LogP contribution in [0.2, 0.25) is 10.0 Å². The van der Waals surface area contributed by atoms with E-state index in [0.29, 0.717) is 11.1 Å². The summed E-state index contributed by atoms with van der Waals surface area (Å²) in [6.07, 6.45) is 12.9. The highest BCUT2D eigenvalue weighted by molar-refractivity contribution is 7.86. The number of nitrogens with zero attached hydrogens (tertiary/aromatic N) is 2. The minimum absolute atomic E-state index is 0.0146. The van der Waals surface area contributed by atoms with Gasteiger partial charge in [0, 0.05) is 38.9 Å². The quantitative estimate of drug-likeness (QED) is 0.0826. The van der Waals surface area contributed by atoms with Gasteiger partial charge in [-0.1, -0.05) is 71.8 Å². The van der Waals surface area contributed by atoms with Crippen molar-refractivity contribution in [2.75, 3.05) is 24.7 Å². The largest absolute Gasteiger partial charge is 0.488 e. The molecule has 8 atom stereocenters. The van der Waals surface area contributed by atoms with E-state index < -0.39 is 103 Å². The van der Waals surface area contributed by atoms with Gasteiger partial charge in [-0.2, -0.15) is 0 Å². The van der Waals surface area contributed by atoms with Crippen LogP contribution in [0.3, 0.4) is 0 Å². The number of hydrogen-bond acceptors (Lipinski definition) is 15. The highest BCUT2D eigenvalue weighted by Gasteiger charge is 2.61. The smallest absolute Gasteiger partial charge is 0.352 e. The lowest BCUT2D eigenvalue weighted by Gasteiger charge is -2.48. The van der Waals surface area contributed by atoms with Gasteiger partial charge in [-0.25, -0.2) is 9.59 Å². The molecular formula is C52H40Cl2N4O15S4. The summed E-state index contributed by atoms with van der Waals surface area (Å²) >= 11 is 16.5. The molecule has 8 heterocycles. The van der Waals surface area contributed by atoms with E-state index in [1.165, 1.54) is 59.1 Å². The average Bonchev–Trinajstić information content (AvgIpc) is 4.39. The fourth-order valence-corrected chi connectivity index (χ4v) is 15.5. The maximum atomic E-state index is 13.7. The van der Waals surface area contributed by atoms with Gasteiger partial charge in [0.2, 0.25) is 11.8 Å². The lowest BCUT2D eigenvalue weighted by atomic mass is 9.70. The Morgan fingerprint density at radius 3 is 1.64 bits per heavy atom. The number of amides is 4. The minimum Gasteiger partial charge on any atom is -0.488 e. The van der Waals surface area contributed by atoms with E-state index >= 15 is 0 Å². The zero-order chi connectivity index (χ0) is 54.0. The monoisotopic (exact) mass is 1160 g/mol. The molecule has 2 aromatic carbocycles. The molecule has 1 spiro atoms. The van der Waals surface area contributed by atoms with Crippen LogP contribution in [0.15, 0.2) is 130 Å². The predicted octanol–water partition coefficient (Wildman–Crippen LogP) is 5.24. The molecule has 8 unspecified atom stereocenters. The van der Waals surface area contributed by atoms with Gasteiger partial charge < -0.3 is 39.8 Å². The molecule has 396 valence electrons. The van der Waals surface area contributed by atoms with Crippen LogP contribution in [-0.4, -0.2) is 118 Å². The van der Waals surface area contributed by atoms with E-state index in [4.69, 9.17) is 42.1 Å².